The Hall–Kier alpha value is -12.0. The summed E-state index contributed by atoms with van der Waals surface area (Å²) < 4.78 is 133. The fourth-order valence-corrected chi connectivity index (χ4v) is 28.8. The van der Waals surface area contributed by atoms with Crippen LogP contribution in [-0.4, -0.2) is 236 Å². The second kappa shape index (κ2) is 41.7. The van der Waals surface area contributed by atoms with Crippen LogP contribution in [-0.2, 0) is 91.7 Å². The molecule has 34 nitrogen and oxygen atoms in total. The number of aliphatic hydroxyl groups excluding tert-OH is 2. The number of aromatic nitrogens is 4. The minimum absolute atomic E-state index is 0.00964. The molecular weight excluding hydrogens is 1890 g/mol. The highest BCUT2D eigenvalue weighted by Gasteiger charge is 2.61. The molecule has 10 aliphatic rings. The second-order valence-corrected chi connectivity index (χ2v) is 48.8. The Morgan fingerprint density at radius 2 is 0.579 bits per heavy atom. The maximum atomic E-state index is 13.8. The lowest BCUT2D eigenvalue weighted by Gasteiger charge is -2.33. The Labute approximate surface area is 810 Å². The summed E-state index contributed by atoms with van der Waals surface area (Å²) in [5.74, 6) is -4.86. The van der Waals surface area contributed by atoms with Gasteiger partial charge in [0.05, 0.1) is 41.0 Å². The highest BCUT2D eigenvalue weighted by Crippen LogP contribution is 2.51. The van der Waals surface area contributed by atoms with Gasteiger partial charge in [-0.2, -0.15) is 0 Å². The number of sulfone groups is 4. The number of carbonyl (C=O) groups excluding carboxylic acids is 8. The first-order chi connectivity index (χ1) is 66.6. The van der Waals surface area contributed by atoms with Gasteiger partial charge in [-0.3, -0.25) is 57.5 Å². The number of amides is 8. The molecule has 8 heterocycles. The molecule has 0 saturated heterocycles. The van der Waals surface area contributed by atoms with Crippen LogP contribution in [0, 0.1) is 39.3 Å². The number of aryl methyl sites for hydroxylation is 4. The Balaban J connectivity index is 0.000000141. The first kappa shape index (κ1) is 102. The molecule has 8 amide bonds. The maximum absolute atomic E-state index is 13.8. The number of rotatable bonds is 32. The lowest BCUT2D eigenvalue weighted by molar-refractivity contribution is 0.0688. The number of nitrogens with zero attached hydrogens (tertiary/aromatic N) is 8. The van der Waals surface area contributed by atoms with Crippen LogP contribution in [0.4, 0.5) is 8.78 Å². The van der Waals surface area contributed by atoms with Crippen molar-refractivity contribution in [3.8, 4) is 0 Å². The van der Waals surface area contributed by atoms with E-state index in [0.29, 0.717) is 106 Å². The Morgan fingerprint density at radius 3 is 0.821 bits per heavy atom. The largest absolute Gasteiger partial charge is 0.396 e. The van der Waals surface area contributed by atoms with Crippen LogP contribution in [0.5, 0.6) is 0 Å². The quantitative estimate of drug-likeness (QED) is 0.0250. The van der Waals surface area contributed by atoms with E-state index in [4.69, 9.17) is 10.2 Å². The topological polar surface area (TPSA) is 463 Å². The molecule has 6 fully saturated rings. The van der Waals surface area contributed by atoms with Crippen LogP contribution in [0.3, 0.4) is 0 Å². The van der Waals surface area contributed by atoms with Gasteiger partial charge in [0, 0.05) is 118 Å². The fourth-order valence-electron chi connectivity index (χ4n) is 19.4. The third kappa shape index (κ3) is 21.6. The minimum atomic E-state index is -3.47. The van der Waals surface area contributed by atoms with Gasteiger partial charge in [0.15, 0.2) is 39.3 Å². The van der Waals surface area contributed by atoms with Crippen LogP contribution < -0.4 is 43.5 Å². The van der Waals surface area contributed by atoms with Crippen molar-refractivity contribution in [3.05, 3.63) is 276 Å². The Kier molecular flexibility index (Phi) is 30.5. The van der Waals surface area contributed by atoms with Gasteiger partial charge in [0.1, 0.15) is 56.7 Å². The molecule has 4 aliphatic heterocycles. The number of aliphatic hydroxyl groups is 2. The lowest BCUT2D eigenvalue weighted by Crippen LogP contribution is -2.50. The van der Waals surface area contributed by atoms with Crippen LogP contribution in [0.1, 0.15) is 243 Å². The van der Waals surface area contributed by atoms with Crippen LogP contribution in [0.25, 0.3) is 0 Å². The van der Waals surface area contributed by atoms with Crippen molar-refractivity contribution < 1.29 is 91.0 Å². The first-order valence-electron chi connectivity index (χ1n) is 47.6. The maximum Gasteiger partial charge on any atom is 0.270 e. The number of fused-ring (bicyclic) bond motifs is 4. The number of carbonyl (C=O) groups is 8. The van der Waals surface area contributed by atoms with Crippen molar-refractivity contribution in [3.63, 3.8) is 0 Å². The smallest absolute Gasteiger partial charge is 0.270 e. The van der Waals surface area contributed by atoms with Gasteiger partial charge in [-0.1, -0.05) is 110 Å². The SMILES string of the molecule is Cc1ccc(CNC(=O)c2ccc3n(c2=O)CCN(CC2(S(=O)(=O)C4CCCC4)CC2)C3=O)cc1.Cc1ccc(CNC(=O)c2ccc3n(c2=O)CCN(CC2(S(=O)(=O)C4CCCC4)CC2)C3=O)cc1F.Cc1ccc(CNC(=O)c2ccc3n(c2=O)CCN(CC2(S(=O)(=O)CCCO)CC2)C3=O)cc1.Cc1ccc(CNC(=O)c2ccc3n(c2=O)CCN(CC2(S(=O)(=O)CCCO)CC2)C3=O)cc1F. The molecule has 6 N–H and O–H groups in total. The van der Waals surface area contributed by atoms with Gasteiger partial charge in [-0.05, 0) is 212 Å². The molecule has 0 atom stereocenters. The van der Waals surface area contributed by atoms with Gasteiger partial charge in [-0.15, -0.1) is 0 Å². The summed E-state index contributed by atoms with van der Waals surface area (Å²) in [5, 5.41) is 28.1. The zero-order valence-corrected chi connectivity index (χ0v) is 82.0. The van der Waals surface area contributed by atoms with Crippen LogP contribution >= 0.6 is 0 Å². The molecule has 8 aromatic rings. The Bertz CT molecular complexity index is 6960. The molecule has 40 heteroatoms. The average Bonchev–Trinajstić information content (AvgIpc) is 1.58. The first-order valence-corrected chi connectivity index (χ1v) is 54.0. The van der Waals surface area contributed by atoms with Crippen LogP contribution in [0.2, 0.25) is 0 Å². The molecule has 4 aromatic carbocycles. The molecule has 6 aliphatic carbocycles. The van der Waals surface area contributed by atoms with Gasteiger partial charge >= 0.3 is 0 Å². The number of pyridine rings is 4. The average molecular weight is 2010 g/mol. The molecule has 0 radical (unpaired) electrons. The van der Waals surface area contributed by atoms with Gasteiger partial charge in [-0.25, -0.2) is 42.5 Å². The second-order valence-electron chi connectivity index (χ2n) is 38.6. The zero-order chi connectivity index (χ0) is 100. The number of hydrogen-bond acceptors (Lipinski definition) is 22. The zero-order valence-electron chi connectivity index (χ0n) is 78.8. The van der Waals surface area contributed by atoms with E-state index >= 15 is 0 Å². The minimum Gasteiger partial charge on any atom is -0.396 e. The summed E-state index contributed by atoms with van der Waals surface area (Å²) in [7, 11) is -13.5. The van der Waals surface area contributed by atoms with E-state index in [1.807, 2.05) is 62.4 Å². The normalized spacial score (nSPS) is 18.1. The predicted molar refractivity (Wildman–Crippen MR) is 517 cm³/mol. The van der Waals surface area contributed by atoms with E-state index in [0.717, 1.165) is 47.9 Å². The third-order valence-corrected chi connectivity index (χ3v) is 40.5. The fraction of sp³-hybridized carbons (Fsp3) is 0.480. The van der Waals surface area contributed by atoms with Crippen molar-refractivity contribution >= 4 is 86.6 Å². The van der Waals surface area contributed by atoms with E-state index < -0.39 is 122 Å². The Morgan fingerprint density at radius 1 is 0.336 bits per heavy atom. The summed E-state index contributed by atoms with van der Waals surface area (Å²) in [6.07, 6.45) is 11.1. The van der Waals surface area contributed by atoms with E-state index in [-0.39, 0.29) is 209 Å². The predicted octanol–water partition coefficient (Wildman–Crippen LogP) is 6.89. The molecule has 140 heavy (non-hydrogen) atoms. The molecule has 18 rings (SSSR count). The molecule has 748 valence electrons. The summed E-state index contributed by atoms with van der Waals surface area (Å²) >= 11 is 0. The third-order valence-electron chi connectivity index (χ3n) is 28.9. The molecule has 6 saturated carbocycles. The van der Waals surface area contributed by atoms with Crippen molar-refractivity contribution in [1.29, 1.82) is 0 Å². The van der Waals surface area contributed by atoms with Crippen LogP contribution in [0.15, 0.2) is 153 Å². The highest BCUT2D eigenvalue weighted by molar-refractivity contribution is 7.94. The van der Waals surface area contributed by atoms with Crippen molar-refractivity contribution in [2.75, 3.05) is 77.1 Å². The van der Waals surface area contributed by atoms with Crippen molar-refractivity contribution in [2.24, 2.45) is 0 Å². The molecule has 0 unspecified atom stereocenters. The van der Waals surface area contributed by atoms with Crippen molar-refractivity contribution in [1.82, 2.24) is 59.1 Å². The molecular formula is C100H118F2N12O22S4. The van der Waals surface area contributed by atoms with E-state index in [2.05, 4.69) is 21.3 Å². The highest BCUT2D eigenvalue weighted by atomic mass is 32.2. The van der Waals surface area contributed by atoms with Crippen molar-refractivity contribution in [2.45, 2.75) is 225 Å². The van der Waals surface area contributed by atoms with E-state index in [9.17, 15) is 100.0 Å². The van der Waals surface area contributed by atoms with Gasteiger partial charge < -0.3 is 69.3 Å². The molecule has 0 spiro atoms. The van der Waals surface area contributed by atoms with Gasteiger partial charge in [0.2, 0.25) is 0 Å². The summed E-state index contributed by atoms with van der Waals surface area (Å²) in [6, 6.07) is 35.8. The number of nitrogens with one attached hydrogen (secondary N) is 4. The summed E-state index contributed by atoms with van der Waals surface area (Å²) in [4.78, 5) is 161. The van der Waals surface area contributed by atoms with E-state index in [1.165, 1.54) is 88.7 Å². The molecule has 0 bridgehead atoms. The number of halogens is 2. The number of benzene rings is 4. The van der Waals surface area contributed by atoms with Gasteiger partial charge in [0.25, 0.3) is 69.5 Å². The summed E-state index contributed by atoms with van der Waals surface area (Å²) in [6.45, 7) is 9.48. The summed E-state index contributed by atoms with van der Waals surface area (Å²) in [5.41, 5.74) is 4.25. The monoisotopic (exact) mass is 2000 g/mol. The standard InChI is InChI=1S/C26H30FN3O5S.C26H31N3O5S.C24H28FN3O6S.C24H29N3O6S/c1-17-6-7-18(14-21(17)27)15-28-23(31)20-8-9-22-25(33)29(12-13-30(22)24(20)32)16-26(10-11-26)36(34,35)19-4-2-3-5-19;1-18-6-8-19(9-7-18)16-27-23(30)21-10-11-22-25(32)28(14-15-29(22)24(21)31)17-26(12-13-26)35(33,34)20-4-2-3-5-20;1-16-3-4-17(13-19(16)25)14-26-21(30)18-5-6-20-23(32)27(9-10-28(20)22(18)31)15-24(7-8-24)35(33,34)12-2-11-29;1-17-3-5-18(6-4-17)15-25-21(29)19-7-8-20-23(31)26(11-12-27(20)22(19)30)16-24(9-10-24)34(32,33)14-2-13-28/h6-9,14,19H,2-5,10-13,15-16H2,1H3,(H,28,31);6-11,20H,2-5,12-17H2,1H3,(H,27,30);3-6,13,29H,2,7-12,14-15H2,1H3,(H,26,30);3-8,28H,2,9-16H2,1H3,(H,25,29). The van der Waals surface area contributed by atoms with E-state index in [1.54, 1.807) is 47.9 Å². The lowest BCUT2D eigenvalue weighted by atomic mass is 10.1. The number of hydrogen-bond donors (Lipinski definition) is 6. The molecule has 4 aromatic heterocycles.